The molecular weight excluding hydrogens is 424 g/mol. The van der Waals surface area contributed by atoms with Gasteiger partial charge in [-0.1, -0.05) is 37.3 Å². The lowest BCUT2D eigenvalue weighted by atomic mass is 9.88. The number of benzene rings is 2. The average molecular weight is 455 g/mol. The number of amides is 1. The van der Waals surface area contributed by atoms with Crippen LogP contribution < -0.4 is 11.1 Å². The molecule has 1 aromatic heterocycles. The zero-order chi connectivity index (χ0) is 22.7. The van der Waals surface area contributed by atoms with Gasteiger partial charge in [0.2, 0.25) is 10.0 Å². The lowest BCUT2D eigenvalue weighted by molar-refractivity contribution is 0.100. The molecule has 2 heterocycles. The van der Waals surface area contributed by atoms with Gasteiger partial charge >= 0.3 is 0 Å². The fraction of sp³-hybridized carbons (Fsp3) is 0.375. The average Bonchev–Trinajstić information content (AvgIpc) is 3.23. The first-order valence-electron chi connectivity index (χ1n) is 11.1. The molecule has 4 rings (SSSR count). The summed E-state index contributed by atoms with van der Waals surface area (Å²) in [5.41, 5.74) is 9.98. The number of nitrogens with zero attached hydrogens (tertiary/aromatic N) is 1. The summed E-state index contributed by atoms with van der Waals surface area (Å²) >= 11 is 0. The monoisotopic (exact) mass is 454 g/mol. The maximum Gasteiger partial charge on any atom is 0.250 e. The number of nitrogens with one attached hydrogen (secondary N) is 2. The SMILES string of the molecule is CCNCCS(=O)(=O)N1CCC(c2c[nH]c3c(C(N)=O)cc(-c4ccccc4)cc23)CC1. The van der Waals surface area contributed by atoms with Gasteiger partial charge in [0, 0.05) is 31.2 Å². The number of primary amides is 1. The molecule has 3 aromatic rings. The molecular formula is C24H30N4O3S. The van der Waals surface area contributed by atoms with Crippen molar-refractivity contribution in [2.45, 2.75) is 25.7 Å². The van der Waals surface area contributed by atoms with Crippen LogP contribution in [-0.2, 0) is 10.0 Å². The Labute approximate surface area is 189 Å². The van der Waals surface area contributed by atoms with Crippen molar-refractivity contribution < 1.29 is 13.2 Å². The highest BCUT2D eigenvalue weighted by molar-refractivity contribution is 7.89. The van der Waals surface area contributed by atoms with Crippen molar-refractivity contribution in [2.75, 3.05) is 31.9 Å². The van der Waals surface area contributed by atoms with Crippen LogP contribution in [0.15, 0.2) is 48.7 Å². The van der Waals surface area contributed by atoms with E-state index in [1.54, 1.807) is 4.31 Å². The minimum absolute atomic E-state index is 0.126. The van der Waals surface area contributed by atoms with E-state index in [0.29, 0.717) is 25.2 Å². The molecule has 8 heteroatoms. The Morgan fingerprint density at radius 1 is 1.16 bits per heavy atom. The third-order valence-corrected chi connectivity index (χ3v) is 8.14. The normalized spacial score (nSPS) is 15.9. The second kappa shape index (κ2) is 9.44. The molecule has 7 nitrogen and oxygen atoms in total. The molecule has 1 aliphatic heterocycles. The topological polar surface area (TPSA) is 108 Å². The molecule has 0 saturated carbocycles. The molecule has 0 atom stereocenters. The number of aromatic amines is 1. The number of piperidine rings is 1. The van der Waals surface area contributed by atoms with Crippen LogP contribution in [0, 0.1) is 0 Å². The van der Waals surface area contributed by atoms with E-state index in [1.165, 1.54) is 0 Å². The quantitative estimate of drug-likeness (QED) is 0.455. The number of hydrogen-bond donors (Lipinski definition) is 3. The first-order chi connectivity index (χ1) is 15.4. The third-order valence-electron chi connectivity index (χ3n) is 6.27. The molecule has 32 heavy (non-hydrogen) atoms. The predicted octanol–water partition coefficient (Wildman–Crippen LogP) is 3.05. The fourth-order valence-corrected chi connectivity index (χ4v) is 5.96. The van der Waals surface area contributed by atoms with Crippen LogP contribution in [0.3, 0.4) is 0 Å². The standard InChI is InChI=1S/C24H30N4O3S/c1-2-26-10-13-32(30,31)28-11-8-18(9-12-28)22-16-27-23-20(22)14-19(15-21(23)24(25)29)17-6-4-3-5-7-17/h3-7,14-16,18,26-27H,2,8-13H2,1H3,(H2,25,29). The van der Waals surface area contributed by atoms with E-state index in [1.807, 2.05) is 49.5 Å². The Morgan fingerprint density at radius 2 is 1.88 bits per heavy atom. The Hall–Kier alpha value is -2.68. The van der Waals surface area contributed by atoms with Crippen molar-refractivity contribution >= 4 is 26.8 Å². The smallest absolute Gasteiger partial charge is 0.250 e. The lowest BCUT2D eigenvalue weighted by Crippen LogP contribution is -2.41. The predicted molar refractivity (Wildman–Crippen MR) is 128 cm³/mol. The van der Waals surface area contributed by atoms with Crippen LogP contribution in [-0.4, -0.2) is 55.5 Å². The van der Waals surface area contributed by atoms with Crippen molar-refractivity contribution in [3.63, 3.8) is 0 Å². The molecule has 4 N–H and O–H groups in total. The minimum Gasteiger partial charge on any atom is -0.366 e. The highest BCUT2D eigenvalue weighted by Gasteiger charge is 2.29. The van der Waals surface area contributed by atoms with E-state index < -0.39 is 15.9 Å². The zero-order valence-electron chi connectivity index (χ0n) is 18.3. The van der Waals surface area contributed by atoms with Crippen LogP contribution in [0.25, 0.3) is 22.0 Å². The van der Waals surface area contributed by atoms with Crippen LogP contribution in [0.5, 0.6) is 0 Å². The van der Waals surface area contributed by atoms with Crippen molar-refractivity contribution in [2.24, 2.45) is 5.73 Å². The number of nitrogens with two attached hydrogens (primary N) is 1. The van der Waals surface area contributed by atoms with E-state index in [4.69, 9.17) is 5.73 Å². The molecule has 0 bridgehead atoms. The molecule has 1 aliphatic rings. The Bertz CT molecular complexity index is 1200. The van der Waals surface area contributed by atoms with Crippen LogP contribution in [0.2, 0.25) is 0 Å². The highest BCUT2D eigenvalue weighted by Crippen LogP contribution is 2.37. The number of carbonyl (C=O) groups is 1. The number of aromatic nitrogens is 1. The molecule has 1 amide bonds. The van der Waals surface area contributed by atoms with Crippen molar-refractivity contribution in [1.29, 1.82) is 0 Å². The second-order valence-corrected chi connectivity index (χ2v) is 10.4. The van der Waals surface area contributed by atoms with Gasteiger partial charge in [-0.25, -0.2) is 12.7 Å². The van der Waals surface area contributed by atoms with Crippen molar-refractivity contribution in [1.82, 2.24) is 14.6 Å². The largest absolute Gasteiger partial charge is 0.366 e. The highest BCUT2D eigenvalue weighted by atomic mass is 32.2. The summed E-state index contributed by atoms with van der Waals surface area (Å²) in [6.07, 6.45) is 3.44. The Balaban J connectivity index is 1.60. The molecule has 2 aromatic carbocycles. The van der Waals surface area contributed by atoms with E-state index in [-0.39, 0.29) is 11.7 Å². The summed E-state index contributed by atoms with van der Waals surface area (Å²) in [6.45, 7) is 4.21. The summed E-state index contributed by atoms with van der Waals surface area (Å²) in [6, 6.07) is 13.8. The zero-order valence-corrected chi connectivity index (χ0v) is 19.1. The van der Waals surface area contributed by atoms with Crippen LogP contribution in [0.1, 0.15) is 41.6 Å². The van der Waals surface area contributed by atoms with Gasteiger partial charge in [0.05, 0.1) is 16.8 Å². The molecule has 170 valence electrons. The molecule has 0 aliphatic carbocycles. The van der Waals surface area contributed by atoms with Gasteiger partial charge in [0.15, 0.2) is 0 Å². The first-order valence-corrected chi connectivity index (χ1v) is 12.7. The molecule has 0 spiro atoms. The lowest BCUT2D eigenvalue weighted by Gasteiger charge is -2.31. The molecule has 1 fully saturated rings. The van der Waals surface area contributed by atoms with Gasteiger partial charge in [-0.15, -0.1) is 0 Å². The first kappa shape index (κ1) is 22.5. The maximum absolute atomic E-state index is 12.6. The van der Waals surface area contributed by atoms with Gasteiger partial charge in [-0.2, -0.15) is 0 Å². The van der Waals surface area contributed by atoms with Gasteiger partial charge in [0.25, 0.3) is 5.91 Å². The fourth-order valence-electron chi connectivity index (χ4n) is 4.53. The maximum atomic E-state index is 12.6. The second-order valence-electron chi connectivity index (χ2n) is 8.26. The number of fused-ring (bicyclic) bond motifs is 1. The summed E-state index contributed by atoms with van der Waals surface area (Å²) in [5, 5.41) is 4.06. The van der Waals surface area contributed by atoms with Crippen LogP contribution in [0.4, 0.5) is 0 Å². The van der Waals surface area contributed by atoms with E-state index >= 15 is 0 Å². The van der Waals surface area contributed by atoms with Crippen molar-refractivity contribution in [3.05, 3.63) is 59.8 Å². The minimum atomic E-state index is -3.25. The molecule has 0 unspecified atom stereocenters. The third kappa shape index (κ3) is 4.57. The van der Waals surface area contributed by atoms with Crippen LogP contribution >= 0.6 is 0 Å². The summed E-state index contributed by atoms with van der Waals surface area (Å²) < 4.78 is 26.8. The van der Waals surface area contributed by atoms with Gasteiger partial charge in [0.1, 0.15) is 0 Å². The molecule has 0 radical (unpaired) electrons. The van der Waals surface area contributed by atoms with Gasteiger partial charge in [-0.05, 0) is 54.1 Å². The number of sulfonamides is 1. The Morgan fingerprint density at radius 3 is 2.53 bits per heavy atom. The van der Waals surface area contributed by atoms with E-state index in [9.17, 15) is 13.2 Å². The summed E-state index contributed by atoms with van der Waals surface area (Å²) in [7, 11) is -3.25. The summed E-state index contributed by atoms with van der Waals surface area (Å²) in [4.78, 5) is 15.4. The van der Waals surface area contributed by atoms with Crippen molar-refractivity contribution in [3.8, 4) is 11.1 Å². The number of hydrogen-bond acceptors (Lipinski definition) is 4. The Kier molecular flexibility index (Phi) is 6.64. The number of carbonyl (C=O) groups excluding carboxylic acids is 1. The van der Waals surface area contributed by atoms with Gasteiger partial charge < -0.3 is 16.0 Å². The molecule has 1 saturated heterocycles. The number of rotatable bonds is 8. The van der Waals surface area contributed by atoms with Gasteiger partial charge in [-0.3, -0.25) is 4.79 Å². The van der Waals surface area contributed by atoms with E-state index in [0.717, 1.165) is 47.0 Å². The summed E-state index contributed by atoms with van der Waals surface area (Å²) in [5.74, 6) is -0.125. The number of H-pyrrole nitrogens is 1. The van der Waals surface area contributed by atoms with E-state index in [2.05, 4.69) is 16.4 Å².